The Labute approximate surface area is 91.8 Å². The summed E-state index contributed by atoms with van der Waals surface area (Å²) in [4.78, 5) is 3.30. The summed E-state index contributed by atoms with van der Waals surface area (Å²) in [7, 11) is 0. The van der Waals surface area contributed by atoms with Crippen LogP contribution in [0.4, 0.5) is 0 Å². The van der Waals surface area contributed by atoms with E-state index in [1.807, 2.05) is 0 Å². The van der Waals surface area contributed by atoms with E-state index in [4.69, 9.17) is 18.0 Å². The predicted octanol–water partition coefficient (Wildman–Crippen LogP) is 1.93. The van der Waals surface area contributed by atoms with Gasteiger partial charge in [0.2, 0.25) is 0 Å². The van der Waals surface area contributed by atoms with Gasteiger partial charge in [0.15, 0.2) is 0 Å². The number of nitrogens with zero attached hydrogens (tertiary/aromatic N) is 1. The van der Waals surface area contributed by atoms with E-state index >= 15 is 0 Å². The molecule has 0 aromatic rings. The molecule has 2 nitrogen and oxygen atoms in total. The summed E-state index contributed by atoms with van der Waals surface area (Å²) < 4.78 is 0. The third-order valence-corrected chi connectivity index (χ3v) is 3.41. The van der Waals surface area contributed by atoms with Crippen LogP contribution in [0.1, 0.15) is 39.0 Å². The Balaban J connectivity index is 1.83. The van der Waals surface area contributed by atoms with E-state index in [2.05, 4.69) is 11.8 Å². The molecule has 2 rings (SSSR count). The molecule has 0 spiro atoms. The lowest BCUT2D eigenvalue weighted by Gasteiger charge is -2.28. The zero-order chi connectivity index (χ0) is 10.1. The van der Waals surface area contributed by atoms with Crippen LogP contribution in [0.2, 0.25) is 0 Å². The molecule has 0 bridgehead atoms. The Hall–Kier alpha value is -0.150. The Bertz CT molecular complexity index is 221. The third-order valence-electron chi connectivity index (χ3n) is 3.24. The molecule has 2 aliphatic rings. The summed E-state index contributed by atoms with van der Waals surface area (Å²) >= 11 is 4.98. The number of hydrogen-bond acceptors (Lipinski definition) is 2. The lowest BCUT2D eigenvalue weighted by molar-refractivity contribution is 0.194. The molecular weight excluding hydrogens is 192 g/mol. The van der Waals surface area contributed by atoms with Crippen LogP contribution in [0.25, 0.3) is 0 Å². The predicted molar refractivity (Wildman–Crippen MR) is 63.3 cm³/mol. The second-order valence-electron chi connectivity index (χ2n) is 4.89. The normalized spacial score (nSPS) is 23.9. The molecule has 3 heteroatoms. The first kappa shape index (κ1) is 10.4. The van der Waals surface area contributed by atoms with E-state index in [-0.39, 0.29) is 0 Å². The van der Waals surface area contributed by atoms with Gasteiger partial charge in [0, 0.05) is 25.0 Å². The van der Waals surface area contributed by atoms with Gasteiger partial charge in [-0.1, -0.05) is 12.2 Å². The van der Waals surface area contributed by atoms with Crippen molar-refractivity contribution in [3.8, 4) is 0 Å². The quantitative estimate of drug-likeness (QED) is 0.682. The smallest absolute Gasteiger partial charge is 0.0742 e. The van der Waals surface area contributed by atoms with Crippen LogP contribution < -0.4 is 5.73 Å². The number of hydrogen-bond donors (Lipinski definition) is 1. The fourth-order valence-corrected chi connectivity index (χ4v) is 2.34. The molecule has 2 saturated carbocycles. The minimum atomic E-state index is 0.556. The summed E-state index contributed by atoms with van der Waals surface area (Å²) in [6, 6.07) is 1.40. The highest BCUT2D eigenvalue weighted by Gasteiger charge is 2.35. The first-order chi connectivity index (χ1) is 6.66. The van der Waals surface area contributed by atoms with Gasteiger partial charge in [-0.05, 0) is 38.5 Å². The molecular formula is C11H20N2S. The fraction of sp³-hybridized carbons (Fsp3) is 0.909. The van der Waals surface area contributed by atoms with Gasteiger partial charge < -0.3 is 5.73 Å². The maximum Gasteiger partial charge on any atom is 0.0742 e. The summed E-state index contributed by atoms with van der Waals surface area (Å²) in [6.07, 6.45) is 6.52. The van der Waals surface area contributed by atoms with Gasteiger partial charge >= 0.3 is 0 Å². The molecule has 0 saturated heterocycles. The molecule has 0 radical (unpaired) electrons. The number of nitrogens with two attached hydrogens (primary N) is 1. The molecule has 1 atom stereocenters. The average molecular weight is 212 g/mol. The molecule has 2 aliphatic carbocycles. The molecule has 2 fully saturated rings. The van der Waals surface area contributed by atoms with Crippen LogP contribution in [-0.2, 0) is 0 Å². The fourth-order valence-electron chi connectivity index (χ4n) is 2.10. The van der Waals surface area contributed by atoms with Crippen LogP contribution >= 0.6 is 12.2 Å². The maximum atomic E-state index is 5.60. The van der Waals surface area contributed by atoms with Crippen molar-refractivity contribution in [2.24, 2.45) is 11.7 Å². The summed E-state index contributed by atoms with van der Waals surface area (Å²) in [5, 5.41) is 0. The average Bonchev–Trinajstić information content (AvgIpc) is 2.94. The molecule has 0 aliphatic heterocycles. The van der Waals surface area contributed by atoms with Gasteiger partial charge in [0.1, 0.15) is 0 Å². The lowest BCUT2D eigenvalue weighted by atomic mass is 10.2. The van der Waals surface area contributed by atoms with Crippen molar-refractivity contribution >= 4 is 17.2 Å². The monoisotopic (exact) mass is 212 g/mol. The molecule has 0 heterocycles. The standard InChI is InChI=1S/C11H20N2S/c1-8(6-11(12)14)13(10-4-5-10)7-9-2-3-9/h8-10H,2-7H2,1H3,(H2,12,14). The van der Waals surface area contributed by atoms with Gasteiger partial charge in [-0.15, -0.1) is 0 Å². The first-order valence-corrected chi connectivity index (χ1v) is 6.11. The van der Waals surface area contributed by atoms with E-state index in [0.717, 1.165) is 18.4 Å². The van der Waals surface area contributed by atoms with Crippen molar-refractivity contribution in [1.29, 1.82) is 0 Å². The zero-order valence-corrected chi connectivity index (χ0v) is 9.72. The van der Waals surface area contributed by atoms with Crippen LogP contribution in [0.5, 0.6) is 0 Å². The Kier molecular flexibility index (Phi) is 3.07. The van der Waals surface area contributed by atoms with E-state index in [1.54, 1.807) is 0 Å². The molecule has 80 valence electrons. The third kappa shape index (κ3) is 2.92. The van der Waals surface area contributed by atoms with Gasteiger partial charge in [-0.2, -0.15) is 0 Å². The highest BCUT2D eigenvalue weighted by molar-refractivity contribution is 7.80. The summed E-state index contributed by atoms with van der Waals surface area (Å²) in [5.74, 6) is 0.976. The van der Waals surface area contributed by atoms with Crippen molar-refractivity contribution in [3.63, 3.8) is 0 Å². The van der Waals surface area contributed by atoms with Gasteiger partial charge in [0.25, 0.3) is 0 Å². The molecule has 0 amide bonds. The van der Waals surface area contributed by atoms with Crippen molar-refractivity contribution in [2.75, 3.05) is 6.54 Å². The van der Waals surface area contributed by atoms with Crippen molar-refractivity contribution in [1.82, 2.24) is 4.90 Å². The van der Waals surface area contributed by atoms with Crippen LogP contribution in [-0.4, -0.2) is 28.5 Å². The second-order valence-corrected chi connectivity index (χ2v) is 5.42. The van der Waals surface area contributed by atoms with E-state index in [1.165, 1.54) is 32.2 Å². The van der Waals surface area contributed by atoms with Crippen molar-refractivity contribution in [3.05, 3.63) is 0 Å². The lowest BCUT2D eigenvalue weighted by Crippen LogP contribution is -2.38. The summed E-state index contributed by atoms with van der Waals surface area (Å²) in [5.41, 5.74) is 5.60. The van der Waals surface area contributed by atoms with Gasteiger partial charge in [-0.25, -0.2) is 0 Å². The van der Waals surface area contributed by atoms with Crippen LogP contribution in [0.3, 0.4) is 0 Å². The molecule has 0 aromatic carbocycles. The summed E-state index contributed by atoms with van der Waals surface area (Å²) in [6.45, 7) is 3.55. The first-order valence-electron chi connectivity index (χ1n) is 5.71. The molecule has 1 unspecified atom stereocenters. The Morgan fingerprint density at radius 2 is 2.07 bits per heavy atom. The molecule has 14 heavy (non-hydrogen) atoms. The topological polar surface area (TPSA) is 29.3 Å². The molecule has 0 aromatic heterocycles. The van der Waals surface area contributed by atoms with E-state index in [0.29, 0.717) is 11.0 Å². The van der Waals surface area contributed by atoms with Gasteiger partial charge in [0.05, 0.1) is 4.99 Å². The largest absolute Gasteiger partial charge is 0.393 e. The number of thiocarbonyl (C=S) groups is 1. The minimum absolute atomic E-state index is 0.556. The zero-order valence-electron chi connectivity index (χ0n) is 8.91. The number of rotatable bonds is 6. The SMILES string of the molecule is CC(CC(N)=S)N(CC1CC1)C1CC1. The Morgan fingerprint density at radius 3 is 2.50 bits per heavy atom. The Morgan fingerprint density at radius 1 is 1.43 bits per heavy atom. The van der Waals surface area contributed by atoms with Crippen molar-refractivity contribution < 1.29 is 0 Å². The van der Waals surface area contributed by atoms with Gasteiger partial charge in [-0.3, -0.25) is 4.90 Å². The van der Waals surface area contributed by atoms with E-state index < -0.39 is 0 Å². The van der Waals surface area contributed by atoms with Crippen molar-refractivity contribution in [2.45, 2.75) is 51.1 Å². The van der Waals surface area contributed by atoms with Crippen LogP contribution in [0.15, 0.2) is 0 Å². The second kappa shape index (κ2) is 4.15. The van der Waals surface area contributed by atoms with E-state index in [9.17, 15) is 0 Å². The van der Waals surface area contributed by atoms with Crippen LogP contribution in [0, 0.1) is 5.92 Å². The highest BCUT2D eigenvalue weighted by atomic mass is 32.1. The molecule has 2 N–H and O–H groups in total. The highest BCUT2D eigenvalue weighted by Crippen LogP contribution is 2.36. The maximum absolute atomic E-state index is 5.60. The minimum Gasteiger partial charge on any atom is -0.393 e.